The maximum atomic E-state index is 3.84. The van der Waals surface area contributed by atoms with E-state index in [1.165, 1.54) is 50.9 Å². The summed E-state index contributed by atoms with van der Waals surface area (Å²) in [5.41, 5.74) is 1.44. The third-order valence-corrected chi connectivity index (χ3v) is 4.27. The summed E-state index contributed by atoms with van der Waals surface area (Å²) in [6.07, 6.45) is 6.40. The Morgan fingerprint density at radius 2 is 2.00 bits per heavy atom. The van der Waals surface area contributed by atoms with Crippen molar-refractivity contribution in [3.63, 3.8) is 0 Å². The van der Waals surface area contributed by atoms with Gasteiger partial charge in [-0.25, -0.2) is 0 Å². The van der Waals surface area contributed by atoms with Crippen molar-refractivity contribution in [2.45, 2.75) is 58.0 Å². The highest BCUT2D eigenvalue weighted by molar-refractivity contribution is 5.15. The minimum atomic E-state index is 0.570. The molecule has 0 amide bonds. The van der Waals surface area contributed by atoms with E-state index in [1.807, 2.05) is 0 Å². The number of likely N-dealkylation sites (tertiary alicyclic amines) is 1. The first-order valence-corrected chi connectivity index (χ1v) is 8.30. The van der Waals surface area contributed by atoms with Gasteiger partial charge in [0.1, 0.15) is 0 Å². The molecule has 1 aromatic rings. The zero-order valence-corrected chi connectivity index (χ0v) is 13.1. The molecule has 2 heteroatoms. The molecule has 1 aromatic carbocycles. The first-order valence-electron chi connectivity index (χ1n) is 8.30. The van der Waals surface area contributed by atoms with E-state index in [4.69, 9.17) is 0 Å². The number of hydrogen-bond acceptors (Lipinski definition) is 2. The number of nitrogens with one attached hydrogen (secondary N) is 1. The highest BCUT2D eigenvalue weighted by Crippen LogP contribution is 2.13. The number of benzene rings is 1. The van der Waals surface area contributed by atoms with Gasteiger partial charge >= 0.3 is 0 Å². The van der Waals surface area contributed by atoms with E-state index in [9.17, 15) is 0 Å². The fraction of sp³-hybridized carbons (Fsp3) is 0.667. The first kappa shape index (κ1) is 15.5. The van der Waals surface area contributed by atoms with Crippen LogP contribution in [-0.4, -0.2) is 36.6 Å². The molecule has 0 bridgehead atoms. The van der Waals surface area contributed by atoms with Crippen molar-refractivity contribution in [3.05, 3.63) is 35.9 Å². The first-order chi connectivity index (χ1) is 9.78. The summed E-state index contributed by atoms with van der Waals surface area (Å²) in [6, 6.07) is 12.1. The van der Waals surface area contributed by atoms with E-state index in [0.717, 1.165) is 6.42 Å². The van der Waals surface area contributed by atoms with E-state index >= 15 is 0 Å². The van der Waals surface area contributed by atoms with E-state index in [-0.39, 0.29) is 0 Å². The second kappa shape index (κ2) is 8.43. The zero-order valence-electron chi connectivity index (χ0n) is 13.1. The van der Waals surface area contributed by atoms with E-state index in [0.29, 0.717) is 12.1 Å². The maximum Gasteiger partial charge on any atom is 0.00823 e. The predicted octanol–water partition coefficient (Wildman–Crippen LogP) is 3.47. The largest absolute Gasteiger partial charge is 0.311 e. The lowest BCUT2D eigenvalue weighted by Crippen LogP contribution is -2.38. The van der Waals surface area contributed by atoms with Gasteiger partial charge in [0.15, 0.2) is 0 Å². The van der Waals surface area contributed by atoms with Gasteiger partial charge in [-0.05, 0) is 64.2 Å². The molecule has 2 atom stereocenters. The number of nitrogens with zero attached hydrogens (tertiary/aromatic N) is 1. The van der Waals surface area contributed by atoms with Crippen LogP contribution in [0, 0.1) is 0 Å². The molecule has 1 aliphatic rings. The van der Waals surface area contributed by atoms with Crippen molar-refractivity contribution in [2.75, 3.05) is 19.6 Å². The van der Waals surface area contributed by atoms with E-state index in [2.05, 4.69) is 54.4 Å². The summed E-state index contributed by atoms with van der Waals surface area (Å²) in [7, 11) is 0. The van der Waals surface area contributed by atoms with Crippen LogP contribution in [0.25, 0.3) is 0 Å². The molecule has 112 valence electrons. The molecule has 2 unspecified atom stereocenters. The van der Waals surface area contributed by atoms with Gasteiger partial charge in [0.25, 0.3) is 0 Å². The van der Waals surface area contributed by atoms with Gasteiger partial charge in [-0.2, -0.15) is 0 Å². The van der Waals surface area contributed by atoms with Gasteiger partial charge in [-0.15, -0.1) is 0 Å². The summed E-state index contributed by atoms with van der Waals surface area (Å²) >= 11 is 0. The van der Waals surface area contributed by atoms with Gasteiger partial charge in [0.05, 0.1) is 0 Å². The minimum absolute atomic E-state index is 0.570. The van der Waals surface area contributed by atoms with Crippen LogP contribution in [0.15, 0.2) is 30.3 Å². The normalized spacial score (nSPS) is 22.4. The summed E-state index contributed by atoms with van der Waals surface area (Å²) in [4.78, 5) is 2.63. The van der Waals surface area contributed by atoms with Crippen LogP contribution in [0.1, 0.15) is 45.1 Å². The molecule has 1 saturated heterocycles. The molecule has 1 N–H and O–H groups in total. The van der Waals surface area contributed by atoms with Gasteiger partial charge in [-0.1, -0.05) is 37.3 Å². The van der Waals surface area contributed by atoms with E-state index in [1.54, 1.807) is 0 Å². The highest BCUT2D eigenvalue weighted by atomic mass is 15.1. The van der Waals surface area contributed by atoms with Crippen molar-refractivity contribution in [2.24, 2.45) is 0 Å². The molecule has 20 heavy (non-hydrogen) atoms. The van der Waals surface area contributed by atoms with Crippen LogP contribution in [0.3, 0.4) is 0 Å². The third-order valence-electron chi connectivity index (χ3n) is 4.27. The van der Waals surface area contributed by atoms with Gasteiger partial charge < -0.3 is 10.2 Å². The quantitative estimate of drug-likeness (QED) is 0.854. The third kappa shape index (κ3) is 5.26. The Morgan fingerprint density at radius 1 is 1.20 bits per heavy atom. The van der Waals surface area contributed by atoms with Crippen molar-refractivity contribution < 1.29 is 0 Å². The zero-order chi connectivity index (χ0) is 14.2. The summed E-state index contributed by atoms with van der Waals surface area (Å²) in [6.45, 7) is 8.43. The summed E-state index contributed by atoms with van der Waals surface area (Å²) in [5, 5.41) is 3.84. The average Bonchev–Trinajstić information content (AvgIpc) is 2.66. The Labute approximate surface area is 124 Å². The Morgan fingerprint density at radius 3 is 2.75 bits per heavy atom. The van der Waals surface area contributed by atoms with Gasteiger partial charge in [0.2, 0.25) is 0 Å². The summed E-state index contributed by atoms with van der Waals surface area (Å²) in [5.74, 6) is 0. The van der Waals surface area contributed by atoms with Crippen LogP contribution in [0.5, 0.6) is 0 Å². The molecule has 2 nitrogen and oxygen atoms in total. The average molecular weight is 274 g/mol. The second-order valence-electron chi connectivity index (χ2n) is 6.23. The van der Waals surface area contributed by atoms with E-state index < -0.39 is 0 Å². The molecular weight excluding hydrogens is 244 g/mol. The second-order valence-corrected chi connectivity index (χ2v) is 6.23. The molecule has 0 aliphatic carbocycles. The van der Waals surface area contributed by atoms with Crippen LogP contribution < -0.4 is 5.32 Å². The molecular formula is C18H30N2. The van der Waals surface area contributed by atoms with Crippen molar-refractivity contribution >= 4 is 0 Å². The lowest BCUT2D eigenvalue weighted by Gasteiger charge is -2.23. The van der Waals surface area contributed by atoms with Crippen molar-refractivity contribution in [1.29, 1.82) is 0 Å². The Hall–Kier alpha value is -0.860. The summed E-state index contributed by atoms with van der Waals surface area (Å²) < 4.78 is 0. The van der Waals surface area contributed by atoms with Gasteiger partial charge in [0, 0.05) is 12.1 Å². The van der Waals surface area contributed by atoms with Crippen LogP contribution >= 0.6 is 0 Å². The molecule has 0 radical (unpaired) electrons. The SMILES string of the molecule is CCCN1CCCC(NC(C)Cc2ccccc2)CC1. The van der Waals surface area contributed by atoms with Crippen LogP contribution in [0.4, 0.5) is 0 Å². The molecule has 1 aliphatic heterocycles. The number of hydrogen-bond donors (Lipinski definition) is 1. The van der Waals surface area contributed by atoms with Crippen molar-refractivity contribution in [3.8, 4) is 0 Å². The fourth-order valence-electron chi connectivity index (χ4n) is 3.29. The smallest absolute Gasteiger partial charge is 0.00823 e. The Balaban J connectivity index is 1.75. The Bertz CT molecular complexity index is 363. The molecule has 1 heterocycles. The maximum absolute atomic E-state index is 3.84. The lowest BCUT2D eigenvalue weighted by molar-refractivity contribution is 0.281. The molecule has 0 saturated carbocycles. The lowest BCUT2D eigenvalue weighted by atomic mass is 10.0. The molecule has 2 rings (SSSR count). The Kier molecular flexibility index (Phi) is 6.55. The van der Waals surface area contributed by atoms with Gasteiger partial charge in [-0.3, -0.25) is 0 Å². The fourth-order valence-corrected chi connectivity index (χ4v) is 3.29. The predicted molar refractivity (Wildman–Crippen MR) is 87.1 cm³/mol. The molecule has 0 spiro atoms. The molecule has 1 fully saturated rings. The number of rotatable bonds is 6. The van der Waals surface area contributed by atoms with Crippen molar-refractivity contribution in [1.82, 2.24) is 10.2 Å². The minimum Gasteiger partial charge on any atom is -0.311 e. The van der Waals surface area contributed by atoms with Crippen LogP contribution in [0.2, 0.25) is 0 Å². The monoisotopic (exact) mass is 274 g/mol. The van der Waals surface area contributed by atoms with Crippen LogP contribution in [-0.2, 0) is 6.42 Å². The highest BCUT2D eigenvalue weighted by Gasteiger charge is 2.17. The standard InChI is InChI=1S/C18H30N2/c1-3-12-20-13-7-10-18(11-14-20)19-16(2)15-17-8-5-4-6-9-17/h4-6,8-9,16,18-19H,3,7,10-15H2,1-2H3. The topological polar surface area (TPSA) is 15.3 Å². The molecule has 0 aromatic heterocycles.